The van der Waals surface area contributed by atoms with Crippen molar-refractivity contribution in [2.75, 3.05) is 0 Å². The Morgan fingerprint density at radius 3 is 2.50 bits per heavy atom. The summed E-state index contributed by atoms with van der Waals surface area (Å²) in [7, 11) is 0. The zero-order valence-electron chi connectivity index (χ0n) is 6.90. The molecular formula is C10H10Br2. The second kappa shape index (κ2) is 4.24. The van der Waals surface area contributed by atoms with E-state index in [0.29, 0.717) is 0 Å². The Morgan fingerprint density at radius 2 is 2.00 bits per heavy atom. The molecule has 0 aliphatic heterocycles. The highest BCUT2D eigenvalue weighted by Crippen LogP contribution is 2.31. The van der Waals surface area contributed by atoms with Crippen LogP contribution in [0.1, 0.15) is 18.1 Å². The first-order valence-electron chi connectivity index (χ1n) is 3.80. The zero-order valence-corrected chi connectivity index (χ0v) is 10.1. The second-order valence-electron chi connectivity index (χ2n) is 2.50. The van der Waals surface area contributed by atoms with Crippen LogP contribution in [0.4, 0.5) is 0 Å². The van der Waals surface area contributed by atoms with Gasteiger partial charge in [0.1, 0.15) is 0 Å². The largest absolute Gasteiger partial charge is 0.0984 e. The van der Waals surface area contributed by atoms with Crippen molar-refractivity contribution in [2.24, 2.45) is 0 Å². The van der Waals surface area contributed by atoms with Crippen LogP contribution in [-0.2, 0) is 6.42 Å². The lowest BCUT2D eigenvalue weighted by Crippen LogP contribution is -1.85. The Balaban J connectivity index is 3.29. The van der Waals surface area contributed by atoms with Crippen LogP contribution in [0.5, 0.6) is 0 Å². The first-order valence-corrected chi connectivity index (χ1v) is 5.38. The minimum atomic E-state index is 1.04. The molecular weight excluding hydrogens is 280 g/mol. The Morgan fingerprint density at radius 1 is 1.33 bits per heavy atom. The fourth-order valence-corrected chi connectivity index (χ4v) is 2.23. The van der Waals surface area contributed by atoms with Gasteiger partial charge >= 0.3 is 0 Å². The van der Waals surface area contributed by atoms with Gasteiger partial charge in [-0.3, -0.25) is 0 Å². The minimum Gasteiger partial charge on any atom is -0.0984 e. The molecule has 1 aromatic rings. The third-order valence-corrected chi connectivity index (χ3v) is 4.09. The van der Waals surface area contributed by atoms with E-state index in [1.165, 1.54) is 5.56 Å². The molecule has 0 fully saturated rings. The summed E-state index contributed by atoms with van der Waals surface area (Å²) in [4.78, 5) is 0. The van der Waals surface area contributed by atoms with Crippen LogP contribution in [0, 0.1) is 0 Å². The van der Waals surface area contributed by atoms with Crippen LogP contribution in [0.2, 0.25) is 0 Å². The van der Waals surface area contributed by atoms with E-state index in [-0.39, 0.29) is 0 Å². The molecule has 0 aromatic heterocycles. The number of benzene rings is 1. The normalized spacial score (nSPS) is 9.92. The molecule has 0 nitrogen and oxygen atoms in total. The molecule has 0 saturated carbocycles. The maximum atomic E-state index is 3.74. The van der Waals surface area contributed by atoms with E-state index in [2.05, 4.69) is 57.5 Å². The predicted molar refractivity (Wildman–Crippen MR) is 61.3 cm³/mol. The van der Waals surface area contributed by atoms with E-state index in [0.717, 1.165) is 20.9 Å². The van der Waals surface area contributed by atoms with Crippen LogP contribution < -0.4 is 0 Å². The van der Waals surface area contributed by atoms with Crippen molar-refractivity contribution in [2.45, 2.75) is 13.3 Å². The molecule has 2 heteroatoms. The van der Waals surface area contributed by atoms with Crippen molar-refractivity contribution < 1.29 is 0 Å². The molecule has 0 radical (unpaired) electrons. The Kier molecular flexibility index (Phi) is 3.53. The molecule has 0 spiro atoms. The lowest BCUT2D eigenvalue weighted by molar-refractivity contribution is 1.12. The third kappa shape index (κ3) is 1.80. The summed E-state index contributed by atoms with van der Waals surface area (Å²) in [6.45, 7) is 5.88. The molecule has 0 atom stereocenters. The van der Waals surface area contributed by atoms with Crippen molar-refractivity contribution >= 4 is 37.9 Å². The minimum absolute atomic E-state index is 1.04. The van der Waals surface area contributed by atoms with Crippen molar-refractivity contribution in [1.29, 1.82) is 0 Å². The van der Waals surface area contributed by atoms with E-state index >= 15 is 0 Å². The van der Waals surface area contributed by atoms with Gasteiger partial charge in [0.2, 0.25) is 0 Å². The van der Waals surface area contributed by atoms with E-state index in [4.69, 9.17) is 0 Å². The lowest BCUT2D eigenvalue weighted by Gasteiger charge is -2.06. The van der Waals surface area contributed by atoms with Gasteiger partial charge in [-0.25, -0.2) is 0 Å². The lowest BCUT2D eigenvalue weighted by atomic mass is 10.1. The summed E-state index contributed by atoms with van der Waals surface area (Å²) < 4.78 is 2.24. The molecule has 0 saturated heterocycles. The first kappa shape index (κ1) is 10.0. The predicted octanol–water partition coefficient (Wildman–Crippen LogP) is 4.42. The quantitative estimate of drug-likeness (QED) is 0.756. The molecule has 0 aliphatic carbocycles. The Hall–Kier alpha value is -0.0800. The number of aryl methyl sites for hydroxylation is 1. The number of hydrogen-bond donors (Lipinski definition) is 0. The molecule has 1 aromatic carbocycles. The summed E-state index contributed by atoms with van der Waals surface area (Å²) in [5, 5.41) is 0. The standard InChI is InChI=1S/C10H10Br2/c1-3-7-5-6-8(4-2)10(12)9(7)11/h3,5-6H,1,4H2,2H3. The average Bonchev–Trinajstić information content (AvgIpc) is 2.10. The highest BCUT2D eigenvalue weighted by Gasteiger charge is 2.04. The van der Waals surface area contributed by atoms with Gasteiger partial charge in [0, 0.05) is 8.95 Å². The maximum Gasteiger partial charge on any atom is 0.0392 e. The third-order valence-electron chi connectivity index (χ3n) is 1.79. The van der Waals surface area contributed by atoms with E-state index in [9.17, 15) is 0 Å². The molecule has 0 heterocycles. The summed E-state index contributed by atoms with van der Waals surface area (Å²) in [6, 6.07) is 4.19. The summed E-state index contributed by atoms with van der Waals surface area (Å²) in [6.07, 6.45) is 2.88. The zero-order chi connectivity index (χ0) is 9.14. The fourth-order valence-electron chi connectivity index (χ4n) is 1.04. The SMILES string of the molecule is C=Cc1ccc(CC)c(Br)c1Br. The van der Waals surface area contributed by atoms with Crippen LogP contribution >= 0.6 is 31.9 Å². The molecule has 0 aliphatic rings. The Bertz CT molecular complexity index is 303. The van der Waals surface area contributed by atoms with Gasteiger partial charge in [0.25, 0.3) is 0 Å². The van der Waals surface area contributed by atoms with Crippen molar-refractivity contribution in [3.63, 3.8) is 0 Å². The van der Waals surface area contributed by atoms with Gasteiger partial charge in [0.15, 0.2) is 0 Å². The van der Waals surface area contributed by atoms with Crippen molar-refractivity contribution in [3.8, 4) is 0 Å². The molecule has 0 bridgehead atoms. The number of rotatable bonds is 2. The van der Waals surface area contributed by atoms with Crippen LogP contribution in [0.3, 0.4) is 0 Å². The van der Waals surface area contributed by atoms with Gasteiger partial charge in [-0.1, -0.05) is 31.7 Å². The molecule has 0 unspecified atom stereocenters. The average molecular weight is 290 g/mol. The smallest absolute Gasteiger partial charge is 0.0392 e. The van der Waals surface area contributed by atoms with Gasteiger partial charge in [0.05, 0.1) is 0 Å². The van der Waals surface area contributed by atoms with Crippen LogP contribution in [-0.4, -0.2) is 0 Å². The maximum absolute atomic E-state index is 3.74. The molecule has 64 valence electrons. The molecule has 1 rings (SSSR count). The molecule has 0 amide bonds. The number of halogens is 2. The van der Waals surface area contributed by atoms with Gasteiger partial charge in [-0.2, -0.15) is 0 Å². The van der Waals surface area contributed by atoms with Crippen LogP contribution in [0.15, 0.2) is 27.7 Å². The summed E-state index contributed by atoms with van der Waals surface area (Å²) in [5.41, 5.74) is 2.44. The Labute approximate surface area is 89.9 Å². The van der Waals surface area contributed by atoms with E-state index < -0.39 is 0 Å². The molecule has 12 heavy (non-hydrogen) atoms. The summed E-state index contributed by atoms with van der Waals surface area (Å²) >= 11 is 7.05. The van der Waals surface area contributed by atoms with Gasteiger partial charge in [-0.15, -0.1) is 0 Å². The van der Waals surface area contributed by atoms with E-state index in [1.54, 1.807) is 0 Å². The van der Waals surface area contributed by atoms with E-state index in [1.807, 2.05) is 6.08 Å². The first-order chi connectivity index (χ1) is 5.70. The molecule has 0 N–H and O–H groups in total. The highest BCUT2D eigenvalue weighted by atomic mass is 79.9. The van der Waals surface area contributed by atoms with Crippen molar-refractivity contribution in [3.05, 3.63) is 38.8 Å². The van der Waals surface area contributed by atoms with Gasteiger partial charge in [-0.05, 0) is 49.4 Å². The summed E-state index contributed by atoms with van der Waals surface area (Å²) in [5.74, 6) is 0. The highest BCUT2D eigenvalue weighted by molar-refractivity contribution is 9.13. The van der Waals surface area contributed by atoms with Crippen LogP contribution in [0.25, 0.3) is 6.08 Å². The fraction of sp³-hybridized carbons (Fsp3) is 0.200. The van der Waals surface area contributed by atoms with Crippen molar-refractivity contribution in [1.82, 2.24) is 0 Å². The topological polar surface area (TPSA) is 0 Å². The number of hydrogen-bond acceptors (Lipinski definition) is 0. The monoisotopic (exact) mass is 288 g/mol. The van der Waals surface area contributed by atoms with Gasteiger partial charge < -0.3 is 0 Å². The second-order valence-corrected chi connectivity index (χ2v) is 4.09.